The molecule has 5 nitrogen and oxygen atoms in total. The van der Waals surface area contributed by atoms with Crippen molar-refractivity contribution in [1.82, 2.24) is 19.1 Å². The molecule has 1 aromatic carbocycles. The molecule has 0 bridgehead atoms. The second kappa shape index (κ2) is 3.95. The lowest BCUT2D eigenvalue weighted by molar-refractivity contribution is 0.886. The fourth-order valence-electron chi connectivity index (χ4n) is 2.24. The smallest absolute Gasteiger partial charge is 0.147 e. The summed E-state index contributed by atoms with van der Waals surface area (Å²) in [6.07, 6.45) is 1.65. The van der Waals surface area contributed by atoms with Crippen LogP contribution in [0.5, 0.6) is 0 Å². The standard InChI is InChI=1S/C14H13N5/c1-9-17-11-6-10(4-5-12(11)19(9)3)14-13(7-15)18(2)8-16-14/h4-6,8H,1-3H3. The van der Waals surface area contributed by atoms with Gasteiger partial charge >= 0.3 is 0 Å². The van der Waals surface area contributed by atoms with E-state index in [9.17, 15) is 5.26 Å². The minimum Gasteiger partial charge on any atom is -0.331 e. The maximum absolute atomic E-state index is 9.18. The van der Waals surface area contributed by atoms with Gasteiger partial charge in [0.1, 0.15) is 23.3 Å². The highest BCUT2D eigenvalue weighted by Crippen LogP contribution is 2.25. The van der Waals surface area contributed by atoms with Crippen LogP contribution in [0.3, 0.4) is 0 Å². The molecular weight excluding hydrogens is 238 g/mol. The predicted octanol–water partition coefficient (Wildman–Crippen LogP) is 2.15. The molecule has 0 unspecified atom stereocenters. The Morgan fingerprint density at radius 2 is 2.05 bits per heavy atom. The Kier molecular flexibility index (Phi) is 2.39. The van der Waals surface area contributed by atoms with Crippen LogP contribution in [0.25, 0.3) is 22.3 Å². The molecule has 2 aromatic heterocycles. The van der Waals surface area contributed by atoms with Crippen LogP contribution < -0.4 is 0 Å². The predicted molar refractivity (Wildman–Crippen MR) is 72.4 cm³/mol. The highest BCUT2D eigenvalue weighted by atomic mass is 15.1. The summed E-state index contributed by atoms with van der Waals surface area (Å²) >= 11 is 0. The Morgan fingerprint density at radius 3 is 2.79 bits per heavy atom. The Balaban J connectivity index is 2.24. The number of aromatic nitrogens is 4. The molecule has 0 radical (unpaired) electrons. The summed E-state index contributed by atoms with van der Waals surface area (Å²) in [4.78, 5) is 8.81. The summed E-state index contributed by atoms with van der Waals surface area (Å²) in [6.45, 7) is 1.97. The molecule has 0 aliphatic rings. The van der Waals surface area contributed by atoms with Gasteiger partial charge in [-0.2, -0.15) is 5.26 Å². The molecule has 3 aromatic rings. The monoisotopic (exact) mass is 251 g/mol. The van der Waals surface area contributed by atoms with Crippen molar-refractivity contribution >= 4 is 11.0 Å². The van der Waals surface area contributed by atoms with Crippen LogP contribution in [0.1, 0.15) is 11.5 Å². The number of nitrogens with zero attached hydrogens (tertiary/aromatic N) is 5. The van der Waals surface area contributed by atoms with Gasteiger partial charge < -0.3 is 9.13 Å². The van der Waals surface area contributed by atoms with Crippen LogP contribution in [-0.4, -0.2) is 19.1 Å². The molecule has 0 saturated carbocycles. The first-order chi connectivity index (χ1) is 9.11. The van der Waals surface area contributed by atoms with Gasteiger partial charge in [-0.3, -0.25) is 0 Å². The topological polar surface area (TPSA) is 59.4 Å². The number of fused-ring (bicyclic) bond motifs is 1. The average Bonchev–Trinajstić information content (AvgIpc) is 2.90. The minimum atomic E-state index is 0.562. The largest absolute Gasteiger partial charge is 0.331 e. The zero-order valence-corrected chi connectivity index (χ0v) is 11.0. The van der Waals surface area contributed by atoms with Crippen molar-refractivity contribution in [2.45, 2.75) is 6.92 Å². The molecule has 0 aliphatic heterocycles. The molecule has 0 fully saturated rings. The fourth-order valence-corrected chi connectivity index (χ4v) is 2.24. The highest BCUT2D eigenvalue weighted by molar-refractivity contribution is 5.82. The van der Waals surface area contributed by atoms with Gasteiger partial charge in [0.25, 0.3) is 0 Å². The molecule has 0 N–H and O–H groups in total. The summed E-state index contributed by atoms with van der Waals surface area (Å²) in [5.41, 5.74) is 4.19. The van der Waals surface area contributed by atoms with Crippen molar-refractivity contribution in [3.63, 3.8) is 0 Å². The second-order valence-electron chi connectivity index (χ2n) is 4.59. The third kappa shape index (κ3) is 1.61. The van der Waals surface area contributed by atoms with E-state index in [1.165, 1.54) is 0 Å². The fraction of sp³-hybridized carbons (Fsp3) is 0.214. The molecule has 0 spiro atoms. The lowest BCUT2D eigenvalue weighted by atomic mass is 10.1. The molecule has 0 saturated heterocycles. The summed E-state index contributed by atoms with van der Waals surface area (Å²) < 4.78 is 3.77. The quantitative estimate of drug-likeness (QED) is 0.665. The van der Waals surface area contributed by atoms with E-state index in [0.717, 1.165) is 22.4 Å². The summed E-state index contributed by atoms with van der Waals surface area (Å²) in [5, 5.41) is 9.18. The zero-order valence-electron chi connectivity index (χ0n) is 11.0. The Hall–Kier alpha value is -2.61. The van der Waals surface area contributed by atoms with Crippen LogP contribution in [0.15, 0.2) is 24.5 Å². The third-order valence-electron chi connectivity index (χ3n) is 3.42. The number of benzene rings is 1. The van der Waals surface area contributed by atoms with Gasteiger partial charge in [0, 0.05) is 19.7 Å². The minimum absolute atomic E-state index is 0.562. The Labute approximate surface area is 110 Å². The first-order valence-electron chi connectivity index (χ1n) is 5.96. The van der Waals surface area contributed by atoms with Gasteiger partial charge in [-0.15, -0.1) is 0 Å². The van der Waals surface area contributed by atoms with Crippen molar-refractivity contribution < 1.29 is 0 Å². The molecule has 0 atom stereocenters. The number of hydrogen-bond acceptors (Lipinski definition) is 3. The van der Waals surface area contributed by atoms with E-state index in [4.69, 9.17) is 0 Å². The van der Waals surface area contributed by atoms with Crippen LogP contribution in [0.2, 0.25) is 0 Å². The van der Waals surface area contributed by atoms with Crippen molar-refractivity contribution in [2.24, 2.45) is 14.1 Å². The Morgan fingerprint density at radius 1 is 1.26 bits per heavy atom. The van der Waals surface area contributed by atoms with Crippen molar-refractivity contribution in [3.05, 3.63) is 36.0 Å². The third-order valence-corrected chi connectivity index (χ3v) is 3.42. The zero-order chi connectivity index (χ0) is 13.6. The maximum atomic E-state index is 9.18. The van der Waals surface area contributed by atoms with Gasteiger partial charge in [-0.1, -0.05) is 6.07 Å². The summed E-state index contributed by atoms with van der Waals surface area (Å²) in [5.74, 6) is 0.966. The van der Waals surface area contributed by atoms with Gasteiger partial charge in [-0.25, -0.2) is 9.97 Å². The van der Waals surface area contributed by atoms with Crippen molar-refractivity contribution in [3.8, 4) is 17.3 Å². The van der Waals surface area contributed by atoms with Crippen molar-refractivity contribution in [1.29, 1.82) is 5.26 Å². The van der Waals surface area contributed by atoms with Crippen LogP contribution in [-0.2, 0) is 14.1 Å². The SMILES string of the molecule is Cc1nc2cc(-c3ncn(C)c3C#N)ccc2n1C. The van der Waals surface area contributed by atoms with E-state index >= 15 is 0 Å². The normalized spacial score (nSPS) is 10.8. The van der Waals surface area contributed by atoms with Crippen molar-refractivity contribution in [2.75, 3.05) is 0 Å². The highest BCUT2D eigenvalue weighted by Gasteiger charge is 2.12. The summed E-state index contributed by atoms with van der Waals surface area (Å²) in [7, 11) is 3.81. The number of aryl methyl sites for hydroxylation is 3. The number of hydrogen-bond donors (Lipinski definition) is 0. The maximum Gasteiger partial charge on any atom is 0.147 e. The van der Waals surface area contributed by atoms with Gasteiger partial charge in [0.15, 0.2) is 0 Å². The molecule has 0 amide bonds. The van der Waals surface area contributed by atoms with E-state index in [1.807, 2.05) is 43.8 Å². The summed E-state index contributed by atoms with van der Waals surface area (Å²) in [6, 6.07) is 8.15. The first kappa shape index (κ1) is 11.5. The first-order valence-corrected chi connectivity index (χ1v) is 5.96. The molecule has 5 heteroatoms. The van der Waals surface area contributed by atoms with Crippen LogP contribution in [0.4, 0.5) is 0 Å². The molecule has 0 aliphatic carbocycles. The lowest BCUT2D eigenvalue weighted by Crippen LogP contribution is -1.91. The number of rotatable bonds is 1. The lowest BCUT2D eigenvalue weighted by Gasteiger charge is -2.00. The number of imidazole rings is 2. The Bertz CT molecular complexity index is 816. The number of nitriles is 1. The van der Waals surface area contributed by atoms with E-state index in [-0.39, 0.29) is 0 Å². The second-order valence-corrected chi connectivity index (χ2v) is 4.59. The van der Waals surface area contributed by atoms with E-state index in [2.05, 4.69) is 16.0 Å². The molecule has 94 valence electrons. The van der Waals surface area contributed by atoms with E-state index < -0.39 is 0 Å². The van der Waals surface area contributed by atoms with E-state index in [1.54, 1.807) is 10.9 Å². The van der Waals surface area contributed by atoms with Gasteiger partial charge in [0.05, 0.1) is 17.4 Å². The molecule has 2 heterocycles. The van der Waals surface area contributed by atoms with Gasteiger partial charge in [-0.05, 0) is 19.1 Å². The average molecular weight is 251 g/mol. The molecule has 19 heavy (non-hydrogen) atoms. The van der Waals surface area contributed by atoms with E-state index in [0.29, 0.717) is 11.4 Å². The van der Waals surface area contributed by atoms with Gasteiger partial charge in [0.2, 0.25) is 0 Å². The molecular formula is C14H13N5. The molecule has 3 rings (SSSR count). The van der Waals surface area contributed by atoms with Crippen LogP contribution in [0, 0.1) is 18.3 Å². The van der Waals surface area contributed by atoms with Crippen LogP contribution >= 0.6 is 0 Å².